The van der Waals surface area contributed by atoms with Gasteiger partial charge >= 0.3 is 5.97 Å². The first-order chi connectivity index (χ1) is 12.6. The van der Waals surface area contributed by atoms with Crippen molar-refractivity contribution < 1.29 is 14.9 Å². The molecule has 0 saturated carbocycles. The number of H-pyrrole nitrogens is 1. The molecule has 1 aromatic carbocycles. The Bertz CT molecular complexity index is 1000. The number of hydrogen-bond donors (Lipinski definition) is 4. The van der Waals surface area contributed by atoms with Gasteiger partial charge in [0.05, 0.1) is 5.92 Å². The van der Waals surface area contributed by atoms with Gasteiger partial charge < -0.3 is 15.8 Å². The number of benzene rings is 1. The average molecular weight is 390 g/mol. The molecule has 0 aliphatic heterocycles. The molecule has 1 aliphatic carbocycles. The summed E-state index contributed by atoms with van der Waals surface area (Å²) in [4.78, 5) is 22.0. The highest BCUT2D eigenvalue weighted by molar-refractivity contribution is 7.59. The average Bonchev–Trinajstić information content (AvgIpc) is 3.00. The highest BCUT2D eigenvalue weighted by Gasteiger charge is 2.30. The first-order valence-electron chi connectivity index (χ1n) is 8.20. The van der Waals surface area contributed by atoms with E-state index in [1.165, 1.54) is 5.56 Å². The third kappa shape index (κ3) is 2.98. The van der Waals surface area contributed by atoms with Gasteiger partial charge in [0.1, 0.15) is 11.1 Å². The Morgan fingerprint density at radius 1 is 1.46 bits per heavy atom. The number of fused-ring (bicyclic) bond motifs is 3. The minimum atomic E-state index is -0.716. The fraction of sp³-hybridized carbons (Fsp3) is 0.235. The van der Waals surface area contributed by atoms with E-state index in [4.69, 9.17) is 5.84 Å². The predicted molar refractivity (Wildman–Crippen MR) is 105 cm³/mol. The van der Waals surface area contributed by atoms with E-state index < -0.39 is 5.97 Å². The van der Waals surface area contributed by atoms with Crippen molar-refractivity contribution in [2.75, 3.05) is 10.7 Å². The van der Waals surface area contributed by atoms with Crippen LogP contribution in [0.2, 0.25) is 0 Å². The van der Waals surface area contributed by atoms with E-state index in [-0.39, 0.29) is 5.92 Å². The van der Waals surface area contributed by atoms with Crippen molar-refractivity contribution in [3.05, 3.63) is 35.0 Å². The van der Waals surface area contributed by atoms with E-state index in [1.807, 2.05) is 18.2 Å². The number of carbonyl (C=O) groups is 1. The molecule has 1 atom stereocenters. The van der Waals surface area contributed by atoms with Crippen LogP contribution in [-0.2, 0) is 30.3 Å². The lowest BCUT2D eigenvalue weighted by atomic mass is 9.88. The Balaban J connectivity index is 1.73. The van der Waals surface area contributed by atoms with Gasteiger partial charge in [-0.15, -0.1) is 0 Å². The number of aryl methyl sites for hydroxylation is 1. The van der Waals surface area contributed by atoms with E-state index in [9.17, 15) is 9.90 Å². The highest BCUT2D eigenvalue weighted by atomic mass is 32.1. The number of nitrogens with zero attached hydrogens (tertiary/aromatic N) is 1. The Kier molecular flexibility index (Phi) is 4.43. The summed E-state index contributed by atoms with van der Waals surface area (Å²) in [6.07, 6.45) is 3.65. The zero-order chi connectivity index (χ0) is 18.3. The van der Waals surface area contributed by atoms with Gasteiger partial charge in [-0.1, -0.05) is 11.3 Å². The maximum atomic E-state index is 11.3. The summed E-state index contributed by atoms with van der Waals surface area (Å²) in [5.74, 6) is 5.22. The molecule has 3 aromatic rings. The smallest absolute Gasteiger partial charge is 0.306 e. The molecule has 9 heteroatoms. The number of rotatable bonds is 4. The zero-order valence-electron chi connectivity index (χ0n) is 13.8. The topological polar surface area (TPSA) is 114 Å². The Morgan fingerprint density at radius 3 is 3.04 bits per heavy atom. The summed E-state index contributed by atoms with van der Waals surface area (Å²) in [7, 11) is 0. The van der Waals surface area contributed by atoms with Crippen molar-refractivity contribution in [2.45, 2.75) is 24.2 Å². The lowest BCUT2D eigenvalue weighted by molar-refractivity contribution is -0.346. The molecule has 0 spiro atoms. The number of anilines is 3. The number of carboxylic acid groups (broad SMARTS) is 1. The first-order valence-corrected chi connectivity index (χ1v) is 9.51. The van der Waals surface area contributed by atoms with E-state index >= 15 is 0 Å². The maximum absolute atomic E-state index is 11.3. The molecule has 0 bridgehead atoms. The molecule has 0 radical (unpaired) electrons. The van der Waals surface area contributed by atoms with Gasteiger partial charge in [0, 0.05) is 16.6 Å². The number of hydrogen-bond acceptors (Lipinski definition) is 6. The van der Waals surface area contributed by atoms with Crippen LogP contribution < -0.4 is 21.6 Å². The number of hydrazine groups is 1. The van der Waals surface area contributed by atoms with Crippen LogP contribution in [0.3, 0.4) is 0 Å². The molecule has 0 amide bonds. The standard InChI is InChI=1S/C17H17N5O2S2/c18-22-11-4-2-9(6-12(11)25)21-15-14-10-3-1-8(17(23)24)5-13(10)26-16(14)20-7-19-15/h2,4,6-8,22,25H,1,3,5,18H2,(H,23,24)(H,19,20,21)/p+2/t8-/m0/s1. The minimum Gasteiger partial charge on any atom is -0.481 e. The van der Waals surface area contributed by atoms with Gasteiger partial charge in [-0.05, 0) is 54.6 Å². The van der Waals surface area contributed by atoms with Crippen LogP contribution in [0.15, 0.2) is 29.4 Å². The number of nitrogens with one attached hydrogen (secondary N) is 3. The molecule has 26 heavy (non-hydrogen) atoms. The Hall–Kier alpha value is -2.36. The van der Waals surface area contributed by atoms with Crippen LogP contribution in [0, 0.1) is 5.92 Å². The lowest BCUT2D eigenvalue weighted by Gasteiger charge is -2.18. The summed E-state index contributed by atoms with van der Waals surface area (Å²) in [5, 5.41) is 13.7. The monoisotopic (exact) mass is 389 g/mol. The van der Waals surface area contributed by atoms with Gasteiger partial charge in [-0.25, -0.2) is 4.98 Å². The first kappa shape index (κ1) is 17.1. The number of aliphatic carboxylic acids is 1. The summed E-state index contributed by atoms with van der Waals surface area (Å²) in [5.41, 5.74) is 5.50. The number of aromatic amines is 1. The van der Waals surface area contributed by atoms with E-state index in [2.05, 4.69) is 33.3 Å². The minimum absolute atomic E-state index is 0.299. The Morgan fingerprint density at radius 2 is 2.31 bits per heavy atom. The fourth-order valence-electron chi connectivity index (χ4n) is 3.35. The number of nitrogen functional groups attached to an aromatic ring is 1. The summed E-state index contributed by atoms with van der Waals surface area (Å²) < 4.78 is 0. The summed E-state index contributed by atoms with van der Waals surface area (Å²) >= 11 is 5.16. The van der Waals surface area contributed by atoms with Crippen LogP contribution in [0.1, 0.15) is 16.9 Å². The second-order valence-electron chi connectivity index (χ2n) is 6.27. The van der Waals surface area contributed by atoms with E-state index in [0.717, 1.165) is 43.6 Å². The van der Waals surface area contributed by atoms with Crippen molar-refractivity contribution >= 4 is 57.3 Å². The van der Waals surface area contributed by atoms with Crippen LogP contribution in [0.4, 0.5) is 17.2 Å². The molecule has 134 valence electrons. The van der Waals surface area contributed by atoms with Gasteiger partial charge in [-0.2, -0.15) is 0 Å². The molecular weight excluding hydrogens is 370 g/mol. The van der Waals surface area contributed by atoms with Crippen molar-refractivity contribution in [2.24, 2.45) is 11.8 Å². The molecule has 6 N–H and O–H groups in total. The Labute approximate surface area is 159 Å². The molecule has 0 unspecified atom stereocenters. The van der Waals surface area contributed by atoms with Crippen LogP contribution >= 0.6 is 11.3 Å². The quantitative estimate of drug-likeness (QED) is 0.307. The summed E-state index contributed by atoms with van der Waals surface area (Å²) in [6, 6.07) is 5.72. The number of aromatic nitrogens is 2. The van der Waals surface area contributed by atoms with Crippen LogP contribution in [0.5, 0.6) is 0 Å². The summed E-state index contributed by atoms with van der Waals surface area (Å²) in [6.45, 7) is 0. The lowest BCUT2D eigenvalue weighted by Crippen LogP contribution is -2.21. The van der Waals surface area contributed by atoms with Gasteiger partial charge in [-0.3, -0.25) is 10.6 Å². The van der Waals surface area contributed by atoms with E-state index in [0.29, 0.717) is 12.8 Å². The van der Waals surface area contributed by atoms with Gasteiger partial charge in [0.15, 0.2) is 9.73 Å². The SMILES string of the molecule is NNc1ccc(Nc2nc[nH+]c3sc4c(c23)CC[C@H](C(=O)O)C4)cc1[SH2+]. The van der Waals surface area contributed by atoms with Gasteiger partial charge in [0.25, 0.3) is 12.1 Å². The molecule has 7 nitrogen and oxygen atoms in total. The predicted octanol–water partition coefficient (Wildman–Crippen LogP) is 1.70. The molecule has 0 fully saturated rings. The molecular formula is C17H19N5O2S2+2. The highest BCUT2D eigenvalue weighted by Crippen LogP contribution is 2.39. The van der Waals surface area contributed by atoms with Crippen LogP contribution in [-0.4, -0.2) is 16.1 Å². The van der Waals surface area contributed by atoms with Crippen molar-refractivity contribution in [3.8, 4) is 0 Å². The second-order valence-corrected chi connectivity index (χ2v) is 7.91. The largest absolute Gasteiger partial charge is 0.481 e. The van der Waals surface area contributed by atoms with Crippen molar-refractivity contribution in [3.63, 3.8) is 0 Å². The van der Waals surface area contributed by atoms with E-state index in [1.54, 1.807) is 17.7 Å². The van der Waals surface area contributed by atoms with Crippen molar-refractivity contribution in [1.29, 1.82) is 0 Å². The molecule has 1 aliphatic rings. The molecule has 4 rings (SSSR count). The second kappa shape index (κ2) is 6.75. The third-order valence-electron chi connectivity index (χ3n) is 4.68. The maximum Gasteiger partial charge on any atom is 0.306 e. The normalized spacial score (nSPS) is 16.3. The fourth-order valence-corrected chi connectivity index (χ4v) is 4.95. The van der Waals surface area contributed by atoms with Gasteiger partial charge in [0.2, 0.25) is 0 Å². The van der Waals surface area contributed by atoms with Crippen LogP contribution in [0.25, 0.3) is 10.2 Å². The number of nitrogens with two attached hydrogens (primary N) is 1. The number of carboxylic acids is 1. The molecule has 0 saturated heterocycles. The molecule has 2 aromatic heterocycles. The zero-order valence-corrected chi connectivity index (χ0v) is 15.6. The molecule has 2 heterocycles. The number of thiophene rings is 1. The van der Waals surface area contributed by atoms with Crippen molar-refractivity contribution in [1.82, 2.24) is 4.98 Å². The third-order valence-corrected chi connectivity index (χ3v) is 6.28.